The van der Waals surface area contributed by atoms with Gasteiger partial charge in [-0.1, -0.05) is 0 Å². The van der Waals surface area contributed by atoms with Gasteiger partial charge in [0.15, 0.2) is 0 Å². The van der Waals surface area contributed by atoms with Gasteiger partial charge in [-0.25, -0.2) is 4.79 Å². The first kappa shape index (κ1) is 11.4. The molecule has 1 saturated heterocycles. The predicted molar refractivity (Wildman–Crippen MR) is 59.0 cm³/mol. The zero-order chi connectivity index (χ0) is 12.0. The molecule has 0 radical (unpaired) electrons. The van der Waals surface area contributed by atoms with E-state index in [1.807, 2.05) is 20.8 Å². The van der Waals surface area contributed by atoms with Crippen LogP contribution >= 0.6 is 0 Å². The second-order valence-electron chi connectivity index (χ2n) is 6.14. The van der Waals surface area contributed by atoms with E-state index in [0.29, 0.717) is 0 Å². The number of carbonyl (C=O) groups excluding carboxylic acids is 2. The molecule has 1 heterocycles. The molecule has 2 fully saturated rings. The number of rotatable bonds is 1. The third-order valence-corrected chi connectivity index (χ3v) is 3.29. The molecular formula is C12H19NO3. The Labute approximate surface area is 95.9 Å². The minimum absolute atomic E-state index is 0.223. The predicted octanol–water partition coefficient (Wildman–Crippen LogP) is 1.83. The Bertz CT molecular complexity index is 305. The van der Waals surface area contributed by atoms with E-state index in [-0.39, 0.29) is 17.4 Å². The summed E-state index contributed by atoms with van der Waals surface area (Å²) in [7, 11) is 0. The Morgan fingerprint density at radius 2 is 1.94 bits per heavy atom. The fourth-order valence-corrected chi connectivity index (χ4v) is 2.63. The molecule has 2 rings (SSSR count). The van der Waals surface area contributed by atoms with Crippen LogP contribution in [0.5, 0.6) is 0 Å². The minimum atomic E-state index is -0.426. The van der Waals surface area contributed by atoms with Gasteiger partial charge in [-0.05, 0) is 33.6 Å². The van der Waals surface area contributed by atoms with Gasteiger partial charge < -0.3 is 14.4 Å². The Morgan fingerprint density at radius 1 is 1.38 bits per heavy atom. The summed E-state index contributed by atoms with van der Waals surface area (Å²) in [5, 5.41) is 0. The molecule has 0 aromatic carbocycles. The first-order valence-corrected chi connectivity index (χ1v) is 5.77. The minimum Gasteiger partial charge on any atom is -0.444 e. The van der Waals surface area contributed by atoms with Crippen LogP contribution in [0.3, 0.4) is 0 Å². The van der Waals surface area contributed by atoms with Crippen molar-refractivity contribution in [1.82, 2.24) is 4.90 Å². The molecule has 1 aliphatic carbocycles. The van der Waals surface area contributed by atoms with E-state index in [1.54, 1.807) is 4.90 Å². The standard InChI is InChI=1S/C12H19NO3/c1-11(2,3)16-10(15)13-7-12(8-13)4-9(5-12)6-14/h6,9H,4-5,7-8H2,1-3H3. The van der Waals surface area contributed by atoms with E-state index in [0.717, 1.165) is 32.2 Å². The van der Waals surface area contributed by atoms with Gasteiger partial charge in [0.1, 0.15) is 11.9 Å². The normalized spacial score (nSPS) is 23.6. The molecule has 0 N–H and O–H groups in total. The van der Waals surface area contributed by atoms with Crippen molar-refractivity contribution in [2.45, 2.75) is 39.2 Å². The second kappa shape index (κ2) is 3.47. The fourth-order valence-electron chi connectivity index (χ4n) is 2.63. The molecule has 0 unspecified atom stereocenters. The van der Waals surface area contributed by atoms with Gasteiger partial charge in [0, 0.05) is 24.4 Å². The number of hydrogen-bond donors (Lipinski definition) is 0. The van der Waals surface area contributed by atoms with Crippen LogP contribution in [0.25, 0.3) is 0 Å². The van der Waals surface area contributed by atoms with Crippen LogP contribution in [0, 0.1) is 11.3 Å². The van der Waals surface area contributed by atoms with Crippen molar-refractivity contribution in [2.75, 3.05) is 13.1 Å². The Balaban J connectivity index is 1.77. The van der Waals surface area contributed by atoms with Crippen LogP contribution < -0.4 is 0 Å². The SMILES string of the molecule is CC(C)(C)OC(=O)N1CC2(CC(C=O)C2)C1. The van der Waals surface area contributed by atoms with E-state index in [9.17, 15) is 9.59 Å². The van der Waals surface area contributed by atoms with Crippen molar-refractivity contribution in [2.24, 2.45) is 11.3 Å². The lowest BCUT2D eigenvalue weighted by Gasteiger charge is -2.57. The van der Waals surface area contributed by atoms with Gasteiger partial charge >= 0.3 is 6.09 Å². The maximum atomic E-state index is 11.7. The van der Waals surface area contributed by atoms with Gasteiger partial charge in [-0.3, -0.25) is 0 Å². The highest BCUT2D eigenvalue weighted by Gasteiger charge is 2.54. The summed E-state index contributed by atoms with van der Waals surface area (Å²) in [6, 6.07) is 0. The van der Waals surface area contributed by atoms with Crippen LogP contribution in [0.15, 0.2) is 0 Å². The van der Waals surface area contributed by atoms with Crippen LogP contribution in [-0.4, -0.2) is 36.0 Å². The zero-order valence-corrected chi connectivity index (χ0v) is 10.2. The molecule has 16 heavy (non-hydrogen) atoms. The molecule has 0 aromatic rings. The van der Waals surface area contributed by atoms with Gasteiger partial charge in [0.2, 0.25) is 0 Å². The highest BCUT2D eigenvalue weighted by molar-refractivity contribution is 5.70. The summed E-state index contributed by atoms with van der Waals surface area (Å²) in [6.07, 6.45) is 2.68. The van der Waals surface area contributed by atoms with E-state index in [1.165, 1.54) is 0 Å². The maximum absolute atomic E-state index is 11.7. The first-order chi connectivity index (χ1) is 7.34. The van der Waals surface area contributed by atoms with E-state index >= 15 is 0 Å². The summed E-state index contributed by atoms with van der Waals surface area (Å²) in [6.45, 7) is 7.11. The Morgan fingerprint density at radius 3 is 2.38 bits per heavy atom. The average molecular weight is 225 g/mol. The Hall–Kier alpha value is -1.06. The second-order valence-corrected chi connectivity index (χ2v) is 6.14. The van der Waals surface area contributed by atoms with Gasteiger partial charge in [0.25, 0.3) is 0 Å². The molecule has 1 amide bonds. The van der Waals surface area contributed by atoms with E-state index in [2.05, 4.69) is 0 Å². The molecule has 1 saturated carbocycles. The van der Waals surface area contributed by atoms with Crippen LogP contribution in [0.4, 0.5) is 4.79 Å². The largest absolute Gasteiger partial charge is 0.444 e. The summed E-state index contributed by atoms with van der Waals surface area (Å²) in [5.41, 5.74) is -0.187. The van der Waals surface area contributed by atoms with E-state index in [4.69, 9.17) is 4.74 Å². The molecule has 1 aliphatic heterocycles. The van der Waals surface area contributed by atoms with Crippen LogP contribution in [0.2, 0.25) is 0 Å². The molecule has 4 nitrogen and oxygen atoms in total. The summed E-state index contributed by atoms with van der Waals surface area (Å²) >= 11 is 0. The molecule has 0 atom stereocenters. The molecule has 0 bridgehead atoms. The van der Waals surface area contributed by atoms with Gasteiger partial charge in [-0.15, -0.1) is 0 Å². The highest BCUT2D eigenvalue weighted by Crippen LogP contribution is 2.51. The van der Waals surface area contributed by atoms with Gasteiger partial charge in [0.05, 0.1) is 0 Å². The van der Waals surface area contributed by atoms with Crippen molar-refractivity contribution in [3.8, 4) is 0 Å². The smallest absolute Gasteiger partial charge is 0.410 e. The monoisotopic (exact) mass is 225 g/mol. The van der Waals surface area contributed by atoms with Crippen molar-refractivity contribution in [1.29, 1.82) is 0 Å². The molecule has 2 aliphatic rings. The zero-order valence-electron chi connectivity index (χ0n) is 10.2. The lowest BCUT2D eigenvalue weighted by atomic mass is 9.58. The fraction of sp³-hybridized carbons (Fsp3) is 0.833. The summed E-state index contributed by atoms with van der Waals surface area (Å²) in [5.74, 6) is 0.223. The van der Waals surface area contributed by atoms with Crippen molar-refractivity contribution in [3.63, 3.8) is 0 Å². The number of amides is 1. The lowest BCUT2D eigenvalue weighted by molar-refractivity contribution is -0.129. The quantitative estimate of drug-likeness (QED) is 0.640. The summed E-state index contributed by atoms with van der Waals surface area (Å²) < 4.78 is 5.27. The molecule has 4 heteroatoms. The first-order valence-electron chi connectivity index (χ1n) is 5.77. The van der Waals surface area contributed by atoms with Crippen molar-refractivity contribution >= 4 is 12.4 Å². The molecule has 90 valence electrons. The van der Waals surface area contributed by atoms with Gasteiger partial charge in [-0.2, -0.15) is 0 Å². The number of nitrogens with zero attached hydrogens (tertiary/aromatic N) is 1. The lowest BCUT2D eigenvalue weighted by Crippen LogP contribution is -2.64. The third kappa shape index (κ3) is 2.06. The average Bonchev–Trinajstić information content (AvgIpc) is 1.95. The molecule has 1 spiro atoms. The Kier molecular flexibility index (Phi) is 2.48. The topological polar surface area (TPSA) is 46.6 Å². The number of carbonyl (C=O) groups is 2. The summed E-state index contributed by atoms with van der Waals surface area (Å²) in [4.78, 5) is 23.9. The molecule has 0 aromatic heterocycles. The highest BCUT2D eigenvalue weighted by atomic mass is 16.6. The molecular weight excluding hydrogens is 206 g/mol. The van der Waals surface area contributed by atoms with Crippen molar-refractivity contribution < 1.29 is 14.3 Å². The van der Waals surface area contributed by atoms with Crippen LogP contribution in [-0.2, 0) is 9.53 Å². The number of hydrogen-bond acceptors (Lipinski definition) is 3. The third-order valence-electron chi connectivity index (χ3n) is 3.29. The van der Waals surface area contributed by atoms with Crippen LogP contribution in [0.1, 0.15) is 33.6 Å². The number of aldehydes is 1. The van der Waals surface area contributed by atoms with E-state index < -0.39 is 5.60 Å². The number of likely N-dealkylation sites (tertiary alicyclic amines) is 1. The maximum Gasteiger partial charge on any atom is 0.410 e. The van der Waals surface area contributed by atoms with Crippen molar-refractivity contribution in [3.05, 3.63) is 0 Å². The number of ether oxygens (including phenoxy) is 1.